The molecule has 1 heterocycles. The molecule has 0 aromatic rings. The summed E-state index contributed by atoms with van der Waals surface area (Å²) in [6, 6.07) is 0. The van der Waals surface area contributed by atoms with E-state index in [9.17, 15) is 4.79 Å². The summed E-state index contributed by atoms with van der Waals surface area (Å²) < 4.78 is 8.97. The highest BCUT2D eigenvalue weighted by atomic mass is 28.2. The third-order valence-electron chi connectivity index (χ3n) is 1.63. The monoisotopic (exact) mass is 157 g/mol. The molecular formula is C6H11NO2Si. The molecule has 1 aliphatic rings. The fourth-order valence-corrected chi connectivity index (χ4v) is 2.11. The highest BCUT2D eigenvalue weighted by Gasteiger charge is 2.13. The van der Waals surface area contributed by atoms with Gasteiger partial charge in [0.25, 0.3) is 0 Å². The Hall–Kier alpha value is -0.443. The van der Waals surface area contributed by atoms with Gasteiger partial charge in [-0.3, -0.25) is 4.66 Å². The van der Waals surface area contributed by atoms with E-state index < -0.39 is 9.68 Å². The van der Waals surface area contributed by atoms with Crippen LogP contribution in [0.15, 0.2) is 4.66 Å². The summed E-state index contributed by atoms with van der Waals surface area (Å²) >= 11 is 0. The van der Waals surface area contributed by atoms with Crippen molar-refractivity contribution in [2.45, 2.75) is 25.0 Å². The maximum absolute atomic E-state index is 9.74. The van der Waals surface area contributed by atoms with Gasteiger partial charge in [0.1, 0.15) is 0 Å². The van der Waals surface area contributed by atoms with Crippen LogP contribution in [0.25, 0.3) is 0 Å². The van der Waals surface area contributed by atoms with Crippen molar-refractivity contribution in [2.75, 3.05) is 6.61 Å². The standard InChI is InChI=1S/C6H11NO2Si/c8-5-7-10-6-3-1-2-4-9-6/h6H,1-4,10H2. The molecule has 1 unspecified atom stereocenters. The first kappa shape index (κ1) is 7.66. The second-order valence-corrected chi connectivity index (χ2v) is 4.01. The van der Waals surface area contributed by atoms with E-state index in [0.717, 1.165) is 19.4 Å². The number of nitrogens with zero attached hydrogens (tertiary/aromatic N) is 1. The average Bonchev–Trinajstić information content (AvgIpc) is 2.03. The van der Waals surface area contributed by atoms with Gasteiger partial charge in [0, 0.05) is 6.61 Å². The Labute approximate surface area is 62.4 Å². The van der Waals surface area contributed by atoms with Gasteiger partial charge in [0.15, 0.2) is 9.68 Å². The van der Waals surface area contributed by atoms with Crippen molar-refractivity contribution in [3.63, 3.8) is 0 Å². The third-order valence-corrected chi connectivity index (χ3v) is 3.00. The Balaban J connectivity index is 2.19. The van der Waals surface area contributed by atoms with Crippen LogP contribution in [0.5, 0.6) is 0 Å². The molecule has 0 bridgehead atoms. The lowest BCUT2D eigenvalue weighted by molar-refractivity contribution is 0.0651. The number of hydrogen-bond acceptors (Lipinski definition) is 3. The number of ether oxygens (including phenoxy) is 1. The third kappa shape index (κ3) is 2.43. The molecule has 0 aliphatic carbocycles. The van der Waals surface area contributed by atoms with Gasteiger partial charge < -0.3 is 4.74 Å². The van der Waals surface area contributed by atoms with E-state index in [4.69, 9.17) is 4.74 Å². The molecular weight excluding hydrogens is 146 g/mol. The summed E-state index contributed by atoms with van der Waals surface area (Å²) in [7, 11) is -0.655. The van der Waals surface area contributed by atoms with Gasteiger partial charge in [0.05, 0.1) is 5.73 Å². The largest absolute Gasteiger partial charge is 0.380 e. The van der Waals surface area contributed by atoms with Crippen molar-refractivity contribution in [1.82, 2.24) is 0 Å². The fourth-order valence-electron chi connectivity index (χ4n) is 1.09. The molecule has 1 aliphatic heterocycles. The molecule has 56 valence electrons. The van der Waals surface area contributed by atoms with Gasteiger partial charge in [-0.15, -0.1) is 0 Å². The van der Waals surface area contributed by atoms with Gasteiger partial charge in [-0.2, -0.15) is 0 Å². The van der Waals surface area contributed by atoms with E-state index in [2.05, 4.69) is 4.66 Å². The van der Waals surface area contributed by atoms with E-state index >= 15 is 0 Å². The zero-order valence-corrected chi connectivity index (χ0v) is 7.29. The fraction of sp³-hybridized carbons (Fsp3) is 0.833. The van der Waals surface area contributed by atoms with Gasteiger partial charge in [-0.1, -0.05) is 0 Å². The first-order valence-corrected chi connectivity index (χ1v) is 5.03. The lowest BCUT2D eigenvalue weighted by Gasteiger charge is -2.19. The first-order chi connectivity index (χ1) is 4.93. The number of isocyanates is 1. The van der Waals surface area contributed by atoms with Crippen LogP contribution in [0, 0.1) is 0 Å². The van der Waals surface area contributed by atoms with E-state index in [1.807, 2.05) is 0 Å². The van der Waals surface area contributed by atoms with Gasteiger partial charge >= 0.3 is 0 Å². The quantitative estimate of drug-likeness (QED) is 0.320. The Morgan fingerprint density at radius 1 is 1.60 bits per heavy atom. The zero-order chi connectivity index (χ0) is 7.23. The van der Waals surface area contributed by atoms with Crippen molar-refractivity contribution in [1.29, 1.82) is 0 Å². The van der Waals surface area contributed by atoms with E-state index in [0.29, 0.717) is 5.73 Å². The summed E-state index contributed by atoms with van der Waals surface area (Å²) in [5, 5.41) is 0. The molecule has 0 N–H and O–H groups in total. The minimum absolute atomic E-state index is 0.315. The molecule has 0 aromatic heterocycles. The summed E-state index contributed by atoms with van der Waals surface area (Å²) in [5.41, 5.74) is 0.315. The van der Waals surface area contributed by atoms with Crippen LogP contribution in [0.1, 0.15) is 19.3 Å². The normalized spacial score (nSPS) is 26.6. The number of carbonyl (C=O) groups excluding carboxylic acids is 1. The van der Waals surface area contributed by atoms with Crippen molar-refractivity contribution in [2.24, 2.45) is 4.66 Å². The number of rotatable bonds is 2. The van der Waals surface area contributed by atoms with Crippen LogP contribution >= 0.6 is 0 Å². The predicted molar refractivity (Wildman–Crippen MR) is 40.3 cm³/mol. The smallest absolute Gasteiger partial charge is 0.224 e. The second-order valence-electron chi connectivity index (χ2n) is 2.42. The van der Waals surface area contributed by atoms with Crippen molar-refractivity contribution >= 4 is 15.8 Å². The Morgan fingerprint density at radius 3 is 3.10 bits per heavy atom. The second kappa shape index (κ2) is 4.38. The minimum Gasteiger partial charge on any atom is -0.380 e. The highest BCUT2D eigenvalue weighted by molar-refractivity contribution is 6.36. The molecule has 1 atom stereocenters. The zero-order valence-electron chi connectivity index (χ0n) is 5.88. The summed E-state index contributed by atoms with van der Waals surface area (Å²) in [5.74, 6) is 0. The molecule has 0 saturated carbocycles. The predicted octanol–water partition coefficient (Wildman–Crippen LogP) is -0.0674. The van der Waals surface area contributed by atoms with E-state index in [-0.39, 0.29) is 0 Å². The van der Waals surface area contributed by atoms with Crippen LogP contribution in [-0.2, 0) is 9.53 Å². The van der Waals surface area contributed by atoms with Crippen molar-refractivity contribution in [3.05, 3.63) is 0 Å². The summed E-state index contributed by atoms with van der Waals surface area (Å²) in [6.07, 6.45) is 5.06. The first-order valence-electron chi connectivity index (χ1n) is 3.58. The molecule has 1 fully saturated rings. The summed E-state index contributed by atoms with van der Waals surface area (Å²) in [6.45, 7) is 0.853. The molecule has 4 heteroatoms. The molecule has 0 spiro atoms. The highest BCUT2D eigenvalue weighted by Crippen LogP contribution is 2.10. The summed E-state index contributed by atoms with van der Waals surface area (Å²) in [4.78, 5) is 9.74. The lowest BCUT2D eigenvalue weighted by Crippen LogP contribution is -2.24. The van der Waals surface area contributed by atoms with Gasteiger partial charge in [-0.05, 0) is 19.3 Å². The Morgan fingerprint density at radius 2 is 2.50 bits per heavy atom. The van der Waals surface area contributed by atoms with E-state index in [1.54, 1.807) is 6.08 Å². The SMILES string of the molecule is O=C=N[SiH2]C1CCCCO1. The Kier molecular flexibility index (Phi) is 3.36. The molecule has 0 amide bonds. The van der Waals surface area contributed by atoms with Gasteiger partial charge in [0.2, 0.25) is 6.08 Å². The van der Waals surface area contributed by atoms with Crippen LogP contribution in [0.2, 0.25) is 0 Å². The average molecular weight is 157 g/mol. The minimum atomic E-state index is -0.655. The molecule has 0 aromatic carbocycles. The van der Waals surface area contributed by atoms with Gasteiger partial charge in [-0.25, -0.2) is 4.79 Å². The van der Waals surface area contributed by atoms with Crippen LogP contribution in [-0.4, -0.2) is 28.1 Å². The molecule has 3 nitrogen and oxygen atoms in total. The van der Waals surface area contributed by atoms with Crippen LogP contribution in [0.3, 0.4) is 0 Å². The van der Waals surface area contributed by atoms with Crippen molar-refractivity contribution in [3.8, 4) is 0 Å². The molecule has 1 rings (SSSR count). The molecule has 10 heavy (non-hydrogen) atoms. The number of hydrogen-bond donors (Lipinski definition) is 0. The lowest BCUT2D eigenvalue weighted by atomic mass is 10.2. The maximum atomic E-state index is 9.74. The Bertz CT molecular complexity index is 139. The molecule has 0 radical (unpaired) electrons. The van der Waals surface area contributed by atoms with Crippen LogP contribution in [0.4, 0.5) is 0 Å². The van der Waals surface area contributed by atoms with Crippen molar-refractivity contribution < 1.29 is 9.53 Å². The van der Waals surface area contributed by atoms with Crippen LogP contribution < -0.4 is 0 Å². The topological polar surface area (TPSA) is 38.7 Å². The maximum Gasteiger partial charge on any atom is 0.224 e. The molecule has 1 saturated heterocycles. The van der Waals surface area contributed by atoms with E-state index in [1.165, 1.54) is 6.42 Å².